The van der Waals surface area contributed by atoms with E-state index in [9.17, 15) is 19.7 Å². The molecule has 2 amide bonds. The molecule has 1 heterocycles. The van der Waals surface area contributed by atoms with Crippen molar-refractivity contribution in [3.63, 3.8) is 0 Å². The number of hydrogen-bond donors (Lipinski definition) is 1. The molecule has 0 atom stereocenters. The summed E-state index contributed by atoms with van der Waals surface area (Å²) in [4.78, 5) is 37.4. The highest BCUT2D eigenvalue weighted by atomic mass is 35.5. The van der Waals surface area contributed by atoms with Gasteiger partial charge in [-0.3, -0.25) is 19.7 Å². The van der Waals surface area contributed by atoms with E-state index in [1.165, 1.54) is 28.9 Å². The lowest BCUT2D eigenvalue weighted by atomic mass is 10.1. The highest BCUT2D eigenvalue weighted by molar-refractivity contribution is 6.34. The minimum atomic E-state index is -0.530. The second kappa shape index (κ2) is 9.56. The molecule has 0 spiro atoms. The van der Waals surface area contributed by atoms with Gasteiger partial charge in [-0.05, 0) is 45.0 Å². The topological polar surface area (TPSA) is 123 Å². The van der Waals surface area contributed by atoms with Crippen molar-refractivity contribution in [1.82, 2.24) is 19.9 Å². The van der Waals surface area contributed by atoms with Gasteiger partial charge in [0.1, 0.15) is 0 Å². The molecule has 0 fully saturated rings. The molecule has 166 valence electrons. The van der Waals surface area contributed by atoms with E-state index in [1.54, 1.807) is 30.0 Å². The van der Waals surface area contributed by atoms with Crippen LogP contribution < -0.4 is 5.32 Å². The standard InChI is InChI=1S/C21H21ClN6O4/c1-4-26(5-2)21(30)17-10-9-14(11-18(17)22)23-20(29)19-13(3)27(25-24-19)15-7-6-8-16(12-15)28(31)32/h6-12H,4-5H2,1-3H3,(H,23,29). The number of nitrogens with zero attached hydrogens (tertiary/aromatic N) is 5. The third-order valence-electron chi connectivity index (χ3n) is 4.90. The summed E-state index contributed by atoms with van der Waals surface area (Å²) in [5, 5.41) is 21.8. The van der Waals surface area contributed by atoms with Gasteiger partial charge in [0.15, 0.2) is 5.69 Å². The molecule has 3 aromatic rings. The van der Waals surface area contributed by atoms with Crippen molar-refractivity contribution in [1.29, 1.82) is 0 Å². The van der Waals surface area contributed by atoms with Crippen LogP contribution in [0.5, 0.6) is 0 Å². The summed E-state index contributed by atoms with van der Waals surface area (Å²) in [6, 6.07) is 10.5. The van der Waals surface area contributed by atoms with Gasteiger partial charge in [-0.15, -0.1) is 5.10 Å². The summed E-state index contributed by atoms with van der Waals surface area (Å²) in [5.41, 5.74) is 1.50. The van der Waals surface area contributed by atoms with Crippen LogP contribution in [0.3, 0.4) is 0 Å². The second-order valence-electron chi connectivity index (χ2n) is 6.84. The van der Waals surface area contributed by atoms with Crippen molar-refractivity contribution in [2.45, 2.75) is 20.8 Å². The van der Waals surface area contributed by atoms with E-state index in [0.29, 0.717) is 35.7 Å². The van der Waals surface area contributed by atoms with Gasteiger partial charge in [0.2, 0.25) is 0 Å². The van der Waals surface area contributed by atoms with E-state index in [4.69, 9.17) is 11.6 Å². The zero-order valence-corrected chi connectivity index (χ0v) is 18.5. The Labute approximate surface area is 188 Å². The van der Waals surface area contributed by atoms with E-state index >= 15 is 0 Å². The zero-order valence-electron chi connectivity index (χ0n) is 17.7. The van der Waals surface area contributed by atoms with Gasteiger partial charge in [0, 0.05) is 30.9 Å². The van der Waals surface area contributed by atoms with Gasteiger partial charge < -0.3 is 10.2 Å². The van der Waals surface area contributed by atoms with E-state index in [1.807, 2.05) is 13.8 Å². The number of benzene rings is 2. The van der Waals surface area contributed by atoms with Crippen molar-refractivity contribution < 1.29 is 14.5 Å². The minimum absolute atomic E-state index is 0.0518. The first-order valence-electron chi connectivity index (χ1n) is 9.84. The summed E-state index contributed by atoms with van der Waals surface area (Å²) in [7, 11) is 0. The van der Waals surface area contributed by atoms with Gasteiger partial charge in [-0.1, -0.05) is 22.9 Å². The molecule has 1 aromatic heterocycles. The SMILES string of the molecule is CCN(CC)C(=O)c1ccc(NC(=O)c2nnn(-c3cccc([N+](=O)[O-])c3)c2C)cc1Cl. The van der Waals surface area contributed by atoms with Crippen LogP contribution in [0.25, 0.3) is 5.69 Å². The summed E-state index contributed by atoms with van der Waals surface area (Å²) < 4.78 is 1.35. The molecule has 10 nitrogen and oxygen atoms in total. The molecule has 0 saturated heterocycles. The average Bonchev–Trinajstić information content (AvgIpc) is 3.16. The van der Waals surface area contributed by atoms with Gasteiger partial charge in [0.05, 0.1) is 26.9 Å². The Balaban J connectivity index is 1.81. The third-order valence-corrected chi connectivity index (χ3v) is 5.22. The zero-order chi connectivity index (χ0) is 23.4. The number of non-ortho nitro benzene ring substituents is 1. The molecule has 0 radical (unpaired) electrons. The van der Waals surface area contributed by atoms with E-state index in [0.717, 1.165) is 0 Å². The van der Waals surface area contributed by atoms with Crippen LogP contribution in [-0.4, -0.2) is 49.7 Å². The van der Waals surface area contributed by atoms with Crippen LogP contribution in [0.2, 0.25) is 5.02 Å². The van der Waals surface area contributed by atoms with Crippen molar-refractivity contribution in [3.8, 4) is 5.69 Å². The van der Waals surface area contributed by atoms with Crippen LogP contribution in [0.4, 0.5) is 11.4 Å². The lowest BCUT2D eigenvalue weighted by molar-refractivity contribution is -0.384. The van der Waals surface area contributed by atoms with Crippen LogP contribution in [0.1, 0.15) is 40.4 Å². The molecule has 0 unspecified atom stereocenters. The number of halogens is 1. The fourth-order valence-electron chi connectivity index (χ4n) is 3.16. The number of amides is 2. The minimum Gasteiger partial charge on any atom is -0.339 e. The van der Waals surface area contributed by atoms with Crippen molar-refractivity contribution in [2.75, 3.05) is 18.4 Å². The number of nitro benzene ring substituents is 1. The first kappa shape index (κ1) is 22.9. The van der Waals surface area contributed by atoms with Crippen LogP contribution in [0.15, 0.2) is 42.5 Å². The molecule has 0 bridgehead atoms. The number of nitrogens with one attached hydrogen (secondary N) is 1. The van der Waals surface area contributed by atoms with Crippen LogP contribution in [0, 0.1) is 17.0 Å². The predicted molar refractivity (Wildman–Crippen MR) is 119 cm³/mol. The normalized spacial score (nSPS) is 10.6. The van der Waals surface area contributed by atoms with Gasteiger partial charge in [-0.25, -0.2) is 4.68 Å². The Morgan fingerprint density at radius 2 is 1.91 bits per heavy atom. The number of nitro groups is 1. The largest absolute Gasteiger partial charge is 0.339 e. The summed E-state index contributed by atoms with van der Waals surface area (Å²) in [5.74, 6) is -0.716. The molecule has 2 aromatic carbocycles. The van der Waals surface area contributed by atoms with Crippen molar-refractivity contribution >= 4 is 34.8 Å². The Kier molecular flexibility index (Phi) is 6.84. The summed E-state index contributed by atoms with van der Waals surface area (Å²) >= 11 is 6.28. The number of hydrogen-bond acceptors (Lipinski definition) is 6. The fraction of sp³-hybridized carbons (Fsp3) is 0.238. The number of anilines is 1. The molecule has 3 rings (SSSR count). The maximum absolute atomic E-state index is 12.7. The van der Waals surface area contributed by atoms with Gasteiger partial charge >= 0.3 is 0 Å². The molecular formula is C21H21ClN6O4. The molecule has 0 aliphatic carbocycles. The summed E-state index contributed by atoms with van der Waals surface area (Å²) in [6.45, 7) is 6.51. The third kappa shape index (κ3) is 4.59. The monoisotopic (exact) mass is 456 g/mol. The fourth-order valence-corrected chi connectivity index (χ4v) is 3.42. The van der Waals surface area contributed by atoms with Crippen molar-refractivity contribution in [2.24, 2.45) is 0 Å². The number of aromatic nitrogens is 3. The molecule has 0 aliphatic rings. The molecular weight excluding hydrogens is 436 g/mol. The van der Waals surface area contributed by atoms with E-state index in [-0.39, 0.29) is 22.3 Å². The Hall–Kier alpha value is -3.79. The van der Waals surface area contributed by atoms with Crippen LogP contribution in [-0.2, 0) is 0 Å². The smallest absolute Gasteiger partial charge is 0.278 e. The van der Waals surface area contributed by atoms with E-state index < -0.39 is 10.8 Å². The Morgan fingerprint density at radius 3 is 2.53 bits per heavy atom. The Bertz CT molecular complexity index is 1190. The molecule has 32 heavy (non-hydrogen) atoms. The van der Waals surface area contributed by atoms with Gasteiger partial charge in [-0.2, -0.15) is 0 Å². The lowest BCUT2D eigenvalue weighted by Crippen LogP contribution is -2.30. The predicted octanol–water partition coefficient (Wildman–Crippen LogP) is 3.87. The molecule has 11 heteroatoms. The quantitative estimate of drug-likeness (QED) is 0.425. The maximum atomic E-state index is 12.7. The highest BCUT2D eigenvalue weighted by Gasteiger charge is 2.20. The molecule has 0 aliphatic heterocycles. The lowest BCUT2D eigenvalue weighted by Gasteiger charge is -2.19. The first-order chi connectivity index (χ1) is 15.3. The van der Waals surface area contributed by atoms with Crippen LogP contribution >= 0.6 is 11.6 Å². The number of carbonyl (C=O) groups excluding carboxylic acids is 2. The summed E-state index contributed by atoms with van der Waals surface area (Å²) in [6.07, 6.45) is 0. The Morgan fingerprint density at radius 1 is 1.19 bits per heavy atom. The second-order valence-corrected chi connectivity index (χ2v) is 7.25. The average molecular weight is 457 g/mol. The first-order valence-corrected chi connectivity index (χ1v) is 10.2. The number of rotatable bonds is 7. The number of carbonyl (C=O) groups is 2. The maximum Gasteiger partial charge on any atom is 0.278 e. The van der Waals surface area contributed by atoms with Gasteiger partial charge in [0.25, 0.3) is 17.5 Å². The molecule has 0 saturated carbocycles. The highest BCUT2D eigenvalue weighted by Crippen LogP contribution is 2.24. The van der Waals surface area contributed by atoms with Crippen molar-refractivity contribution in [3.05, 3.63) is 74.6 Å². The van der Waals surface area contributed by atoms with E-state index in [2.05, 4.69) is 15.6 Å². The molecule has 1 N–H and O–H groups in total.